The largest absolute Gasteiger partial charge is 0.280 e. The predicted octanol–water partition coefficient (Wildman–Crippen LogP) is 4.93. The molecular weight excluding hydrogens is 489 g/mol. The van der Waals surface area contributed by atoms with Crippen LogP contribution in [0, 0.1) is 11.6 Å². The lowest BCUT2D eigenvalue weighted by Gasteiger charge is -2.10. The summed E-state index contributed by atoms with van der Waals surface area (Å²) in [6, 6.07) is 8.57. The lowest BCUT2D eigenvalue weighted by atomic mass is 10.3. The number of thiophene rings is 1. The topological polar surface area (TPSA) is 92.3 Å². The van der Waals surface area contributed by atoms with Crippen molar-refractivity contribution >= 4 is 66.0 Å². The highest BCUT2D eigenvalue weighted by Gasteiger charge is 2.21. The number of anilines is 2. The lowest BCUT2D eigenvalue weighted by molar-refractivity contribution is 0.504. The summed E-state index contributed by atoms with van der Waals surface area (Å²) in [5.41, 5.74) is 0.216. The zero-order valence-corrected chi connectivity index (χ0v) is 17.9. The van der Waals surface area contributed by atoms with E-state index in [2.05, 4.69) is 9.44 Å². The Bertz CT molecular complexity index is 1280. The summed E-state index contributed by atoms with van der Waals surface area (Å²) in [5, 5.41) is 0. The number of sulfonamides is 2. The summed E-state index contributed by atoms with van der Waals surface area (Å²) in [6.07, 6.45) is 0. The van der Waals surface area contributed by atoms with Crippen LogP contribution in [0.3, 0.4) is 0 Å². The van der Waals surface area contributed by atoms with E-state index >= 15 is 0 Å². The first-order valence-electron chi connectivity index (χ1n) is 7.53. The molecule has 3 rings (SSSR count). The van der Waals surface area contributed by atoms with Crippen LogP contribution in [0.15, 0.2) is 58.3 Å². The first kappa shape index (κ1) is 21.8. The molecule has 6 nitrogen and oxygen atoms in total. The molecule has 13 heteroatoms. The summed E-state index contributed by atoms with van der Waals surface area (Å²) in [4.78, 5) is -0.651. The van der Waals surface area contributed by atoms with Gasteiger partial charge in [-0.2, -0.15) is 0 Å². The van der Waals surface area contributed by atoms with E-state index in [1.54, 1.807) is 0 Å². The molecule has 3 aromatic rings. The number of hydrogen-bond donors (Lipinski definition) is 2. The molecule has 0 aliphatic carbocycles. The minimum Gasteiger partial charge on any atom is -0.280 e. The van der Waals surface area contributed by atoms with E-state index in [0.717, 1.165) is 17.4 Å². The molecule has 1 aromatic heterocycles. The molecule has 0 aliphatic rings. The Labute approximate surface area is 179 Å². The van der Waals surface area contributed by atoms with E-state index in [4.69, 9.17) is 23.2 Å². The third-order valence-electron chi connectivity index (χ3n) is 3.51. The normalized spacial score (nSPS) is 12.0. The molecule has 0 radical (unpaired) electrons. The van der Waals surface area contributed by atoms with E-state index in [0.29, 0.717) is 12.1 Å². The Hall–Kier alpha value is -1.92. The van der Waals surface area contributed by atoms with Gasteiger partial charge in [-0.1, -0.05) is 23.2 Å². The van der Waals surface area contributed by atoms with Crippen molar-refractivity contribution in [3.63, 3.8) is 0 Å². The minimum absolute atomic E-state index is 0.00147. The smallest absolute Gasteiger partial charge is 0.264 e. The van der Waals surface area contributed by atoms with Gasteiger partial charge in [0.2, 0.25) is 0 Å². The van der Waals surface area contributed by atoms with E-state index in [1.165, 1.54) is 30.3 Å². The second kappa shape index (κ2) is 8.07. The van der Waals surface area contributed by atoms with Crippen molar-refractivity contribution in [1.82, 2.24) is 0 Å². The molecule has 2 N–H and O–H groups in total. The average molecular weight is 499 g/mol. The Morgan fingerprint density at radius 2 is 1.31 bits per heavy atom. The lowest BCUT2D eigenvalue weighted by Crippen LogP contribution is -2.14. The van der Waals surface area contributed by atoms with Gasteiger partial charge in [0.05, 0.1) is 9.23 Å². The fourth-order valence-corrected chi connectivity index (χ4v) is 6.46. The van der Waals surface area contributed by atoms with Gasteiger partial charge in [0, 0.05) is 11.4 Å². The molecular formula is C16H10Cl2F2N2O4S3. The molecule has 1 heterocycles. The maximum atomic E-state index is 13.3. The standard InChI is InChI=1S/C16H10Cl2F2N2O4S3/c17-15-8-14(16(18)27-15)29(25,26)22-10-3-1-9(2-4-10)21-28(23,24)11-5-6-12(19)13(20)7-11/h1-8,21-22H. The van der Waals surface area contributed by atoms with Crippen molar-refractivity contribution in [2.45, 2.75) is 9.79 Å². The van der Waals surface area contributed by atoms with Crippen LogP contribution in [0.1, 0.15) is 0 Å². The summed E-state index contributed by atoms with van der Waals surface area (Å²) in [7, 11) is -8.17. The Balaban J connectivity index is 1.78. The highest BCUT2D eigenvalue weighted by atomic mass is 35.5. The van der Waals surface area contributed by atoms with Crippen LogP contribution in [-0.2, 0) is 20.0 Å². The molecule has 0 spiro atoms. The Morgan fingerprint density at radius 3 is 1.79 bits per heavy atom. The third kappa shape index (κ3) is 4.98. The average Bonchev–Trinajstić information content (AvgIpc) is 2.98. The highest BCUT2D eigenvalue weighted by Crippen LogP contribution is 2.35. The summed E-state index contributed by atoms with van der Waals surface area (Å²) < 4.78 is 80.2. The van der Waals surface area contributed by atoms with Crippen LogP contribution < -0.4 is 9.44 Å². The van der Waals surface area contributed by atoms with Crippen molar-refractivity contribution in [2.24, 2.45) is 0 Å². The van der Waals surface area contributed by atoms with Crippen molar-refractivity contribution in [2.75, 3.05) is 9.44 Å². The molecule has 0 amide bonds. The summed E-state index contributed by atoms with van der Waals surface area (Å²) >= 11 is 12.5. The van der Waals surface area contributed by atoms with Crippen LogP contribution in [0.4, 0.5) is 20.2 Å². The second-order valence-corrected chi connectivity index (χ2v) is 11.2. The number of rotatable bonds is 6. The van der Waals surface area contributed by atoms with Gasteiger partial charge in [-0.3, -0.25) is 9.44 Å². The second-order valence-electron chi connectivity index (χ2n) is 5.55. The summed E-state index contributed by atoms with van der Waals surface area (Å²) in [6.45, 7) is 0. The highest BCUT2D eigenvalue weighted by molar-refractivity contribution is 7.93. The SMILES string of the molecule is O=S(=O)(Nc1ccc(NS(=O)(=O)c2cc(Cl)sc2Cl)cc1)c1ccc(F)c(F)c1. The number of benzene rings is 2. The molecule has 0 atom stereocenters. The fraction of sp³-hybridized carbons (Fsp3) is 0. The quantitative estimate of drug-likeness (QED) is 0.503. The van der Waals surface area contributed by atoms with Crippen molar-refractivity contribution < 1.29 is 25.6 Å². The van der Waals surface area contributed by atoms with Gasteiger partial charge < -0.3 is 0 Å². The predicted molar refractivity (Wildman–Crippen MR) is 109 cm³/mol. The molecule has 0 unspecified atom stereocenters. The molecule has 0 saturated heterocycles. The van der Waals surface area contributed by atoms with Gasteiger partial charge in [0.25, 0.3) is 20.0 Å². The maximum absolute atomic E-state index is 13.3. The fourth-order valence-electron chi connectivity index (χ4n) is 2.18. The van der Waals surface area contributed by atoms with Crippen LogP contribution in [0.5, 0.6) is 0 Å². The third-order valence-corrected chi connectivity index (χ3v) is 8.02. The first-order valence-corrected chi connectivity index (χ1v) is 12.1. The van der Waals surface area contributed by atoms with E-state index in [1.807, 2.05) is 0 Å². The molecule has 2 aromatic carbocycles. The Morgan fingerprint density at radius 1 is 0.759 bits per heavy atom. The van der Waals surface area contributed by atoms with E-state index < -0.39 is 36.6 Å². The van der Waals surface area contributed by atoms with E-state index in [-0.39, 0.29) is 24.9 Å². The molecule has 0 bridgehead atoms. The molecule has 29 heavy (non-hydrogen) atoms. The van der Waals surface area contributed by atoms with Gasteiger partial charge in [0.15, 0.2) is 11.6 Å². The zero-order chi connectivity index (χ0) is 21.4. The van der Waals surface area contributed by atoms with Crippen molar-refractivity contribution in [3.05, 3.63) is 68.8 Å². The molecule has 0 saturated carbocycles. The van der Waals surface area contributed by atoms with Gasteiger partial charge >= 0.3 is 0 Å². The number of hydrogen-bond acceptors (Lipinski definition) is 5. The number of nitrogens with one attached hydrogen (secondary N) is 2. The minimum atomic E-state index is -4.17. The van der Waals surface area contributed by atoms with Crippen LogP contribution in [0.2, 0.25) is 8.67 Å². The van der Waals surface area contributed by atoms with Crippen LogP contribution in [0.25, 0.3) is 0 Å². The Kier molecular flexibility index (Phi) is 6.06. The van der Waals surface area contributed by atoms with Gasteiger partial charge in [-0.05, 0) is 48.5 Å². The van der Waals surface area contributed by atoms with Gasteiger partial charge in [0.1, 0.15) is 9.23 Å². The molecule has 0 aliphatic heterocycles. The van der Waals surface area contributed by atoms with E-state index in [9.17, 15) is 25.6 Å². The monoisotopic (exact) mass is 498 g/mol. The van der Waals surface area contributed by atoms with Crippen LogP contribution >= 0.6 is 34.5 Å². The van der Waals surface area contributed by atoms with Crippen LogP contribution in [-0.4, -0.2) is 16.8 Å². The van der Waals surface area contributed by atoms with Crippen molar-refractivity contribution in [3.8, 4) is 0 Å². The van der Waals surface area contributed by atoms with Gasteiger partial charge in [-0.25, -0.2) is 25.6 Å². The zero-order valence-electron chi connectivity index (χ0n) is 14.0. The maximum Gasteiger partial charge on any atom is 0.264 e. The molecule has 0 fully saturated rings. The summed E-state index contributed by atoms with van der Waals surface area (Å²) in [5.74, 6) is -2.47. The molecule has 154 valence electrons. The number of halogens is 4. The first-order chi connectivity index (χ1) is 13.5. The van der Waals surface area contributed by atoms with Crippen molar-refractivity contribution in [1.29, 1.82) is 0 Å². The van der Waals surface area contributed by atoms with Gasteiger partial charge in [-0.15, -0.1) is 11.3 Å².